The Morgan fingerprint density at radius 1 is 0.800 bits per heavy atom. The molecular formula is C17H20N6O2. The summed E-state index contributed by atoms with van der Waals surface area (Å²) in [6.45, 7) is 6.13. The van der Waals surface area contributed by atoms with Crippen molar-refractivity contribution in [2.45, 2.75) is 0 Å². The second-order valence-corrected chi connectivity index (χ2v) is 6.30. The first-order valence-electron chi connectivity index (χ1n) is 8.71. The van der Waals surface area contributed by atoms with Crippen molar-refractivity contribution in [3.8, 4) is 0 Å². The number of anilines is 2. The molecule has 8 heteroatoms. The maximum Gasteiger partial charge on any atom is 0.180 e. The van der Waals surface area contributed by atoms with Crippen LogP contribution in [0.4, 0.5) is 11.6 Å². The van der Waals surface area contributed by atoms with Gasteiger partial charge in [0.1, 0.15) is 5.52 Å². The Hall–Kier alpha value is -2.45. The van der Waals surface area contributed by atoms with Crippen molar-refractivity contribution in [3.63, 3.8) is 0 Å². The highest BCUT2D eigenvalue weighted by atomic mass is 16.5. The molecule has 2 aliphatic heterocycles. The Labute approximate surface area is 144 Å². The molecule has 8 nitrogen and oxygen atoms in total. The van der Waals surface area contributed by atoms with Crippen LogP contribution in [0.1, 0.15) is 0 Å². The summed E-state index contributed by atoms with van der Waals surface area (Å²) in [5.41, 5.74) is 1.97. The van der Waals surface area contributed by atoms with Gasteiger partial charge in [-0.05, 0) is 12.1 Å². The highest BCUT2D eigenvalue weighted by Crippen LogP contribution is 2.33. The van der Waals surface area contributed by atoms with Gasteiger partial charge in [0.05, 0.1) is 37.3 Å². The molecule has 2 aliphatic rings. The zero-order chi connectivity index (χ0) is 16.6. The highest BCUT2D eigenvalue weighted by Gasteiger charge is 2.25. The lowest BCUT2D eigenvalue weighted by Gasteiger charge is -2.30. The molecule has 0 aliphatic carbocycles. The van der Waals surface area contributed by atoms with E-state index >= 15 is 0 Å². The third-order valence-electron chi connectivity index (χ3n) is 4.84. The average molecular weight is 340 g/mol. The van der Waals surface area contributed by atoms with Crippen molar-refractivity contribution >= 4 is 28.1 Å². The summed E-state index contributed by atoms with van der Waals surface area (Å²) >= 11 is 0. The summed E-state index contributed by atoms with van der Waals surface area (Å²) in [6.07, 6.45) is 1.97. The third kappa shape index (κ3) is 2.49. The van der Waals surface area contributed by atoms with E-state index in [2.05, 4.69) is 26.1 Å². The molecule has 25 heavy (non-hydrogen) atoms. The molecule has 5 rings (SSSR count). The molecule has 0 N–H and O–H groups in total. The maximum absolute atomic E-state index is 5.49. The molecule has 130 valence electrons. The van der Waals surface area contributed by atoms with Gasteiger partial charge in [0, 0.05) is 32.4 Å². The zero-order valence-corrected chi connectivity index (χ0v) is 14.0. The van der Waals surface area contributed by atoms with E-state index in [0.717, 1.165) is 54.2 Å². The summed E-state index contributed by atoms with van der Waals surface area (Å²) in [6, 6.07) is 6.11. The molecule has 0 aromatic carbocycles. The number of rotatable bonds is 2. The number of nitrogens with zero attached hydrogens (tertiary/aromatic N) is 6. The lowest BCUT2D eigenvalue weighted by molar-refractivity contribution is 0.122. The van der Waals surface area contributed by atoms with Crippen molar-refractivity contribution in [2.24, 2.45) is 0 Å². The van der Waals surface area contributed by atoms with Crippen molar-refractivity contribution in [1.29, 1.82) is 0 Å². The maximum atomic E-state index is 5.49. The summed E-state index contributed by atoms with van der Waals surface area (Å²) in [7, 11) is 0. The molecule has 3 aromatic heterocycles. The van der Waals surface area contributed by atoms with Crippen LogP contribution in [0.3, 0.4) is 0 Å². The molecule has 2 saturated heterocycles. The first kappa shape index (κ1) is 14.9. The van der Waals surface area contributed by atoms with Gasteiger partial charge in [-0.2, -0.15) is 5.10 Å². The van der Waals surface area contributed by atoms with Crippen LogP contribution in [-0.2, 0) is 9.47 Å². The highest BCUT2D eigenvalue weighted by molar-refractivity contribution is 6.06. The van der Waals surface area contributed by atoms with Gasteiger partial charge in [-0.3, -0.25) is 0 Å². The van der Waals surface area contributed by atoms with Crippen LogP contribution >= 0.6 is 0 Å². The average Bonchev–Trinajstić information content (AvgIpc) is 3.08. The van der Waals surface area contributed by atoms with Gasteiger partial charge in [0.2, 0.25) is 0 Å². The molecule has 0 spiro atoms. The molecule has 5 heterocycles. The normalized spacial score (nSPS) is 19.0. The van der Waals surface area contributed by atoms with E-state index in [1.54, 1.807) is 0 Å². The molecular weight excluding hydrogens is 320 g/mol. The minimum absolute atomic E-state index is 0.710. The quantitative estimate of drug-likeness (QED) is 0.688. The Morgan fingerprint density at radius 2 is 1.44 bits per heavy atom. The Morgan fingerprint density at radius 3 is 2.16 bits per heavy atom. The fourth-order valence-corrected chi connectivity index (χ4v) is 3.55. The minimum atomic E-state index is 0.710. The van der Waals surface area contributed by atoms with Crippen molar-refractivity contribution < 1.29 is 9.47 Å². The molecule has 0 saturated carbocycles. The largest absolute Gasteiger partial charge is 0.378 e. The number of pyridine rings is 1. The predicted octanol–water partition coefficient (Wildman–Crippen LogP) is 0.951. The van der Waals surface area contributed by atoms with E-state index in [4.69, 9.17) is 14.6 Å². The van der Waals surface area contributed by atoms with E-state index in [9.17, 15) is 0 Å². The number of hydrogen-bond acceptors (Lipinski definition) is 7. The number of hydrogen-bond donors (Lipinski definition) is 0. The lowest BCUT2D eigenvalue weighted by atomic mass is 10.2. The van der Waals surface area contributed by atoms with Gasteiger partial charge >= 0.3 is 0 Å². The molecule has 0 bridgehead atoms. The van der Waals surface area contributed by atoms with Crippen LogP contribution < -0.4 is 9.80 Å². The topological polar surface area (TPSA) is 68.0 Å². The fourth-order valence-electron chi connectivity index (χ4n) is 3.55. The summed E-state index contributed by atoms with van der Waals surface area (Å²) in [5, 5.41) is 15.1. The SMILES string of the molecule is c1ccn2nc3c(N4CCOCC4)nnc(N4CCOCC4)c3c2c1. The van der Waals surface area contributed by atoms with E-state index < -0.39 is 0 Å². The van der Waals surface area contributed by atoms with Gasteiger partial charge < -0.3 is 19.3 Å². The molecule has 0 atom stereocenters. The van der Waals surface area contributed by atoms with E-state index in [0.29, 0.717) is 26.4 Å². The summed E-state index contributed by atoms with van der Waals surface area (Å²) in [5.74, 6) is 1.75. The van der Waals surface area contributed by atoms with Crippen molar-refractivity contribution in [1.82, 2.24) is 19.8 Å². The third-order valence-corrected chi connectivity index (χ3v) is 4.84. The minimum Gasteiger partial charge on any atom is -0.378 e. The number of aromatic nitrogens is 4. The molecule has 2 fully saturated rings. The van der Waals surface area contributed by atoms with Crippen LogP contribution in [-0.4, -0.2) is 72.4 Å². The van der Waals surface area contributed by atoms with Crippen LogP contribution in [0.15, 0.2) is 24.4 Å². The Bertz CT molecular complexity index is 899. The number of fused-ring (bicyclic) bond motifs is 3. The molecule has 3 aromatic rings. The van der Waals surface area contributed by atoms with Crippen molar-refractivity contribution in [3.05, 3.63) is 24.4 Å². The lowest BCUT2D eigenvalue weighted by Crippen LogP contribution is -2.38. The molecule has 0 radical (unpaired) electrons. The summed E-state index contributed by atoms with van der Waals surface area (Å²) in [4.78, 5) is 4.46. The van der Waals surface area contributed by atoms with Crippen LogP contribution in [0.25, 0.3) is 16.4 Å². The summed E-state index contributed by atoms with van der Waals surface area (Å²) < 4.78 is 12.9. The first-order valence-corrected chi connectivity index (χ1v) is 8.71. The molecule has 0 unspecified atom stereocenters. The van der Waals surface area contributed by atoms with Crippen molar-refractivity contribution in [2.75, 3.05) is 62.4 Å². The first-order chi connectivity index (χ1) is 12.4. The van der Waals surface area contributed by atoms with Crippen LogP contribution in [0.5, 0.6) is 0 Å². The number of ether oxygens (including phenoxy) is 2. The second-order valence-electron chi connectivity index (χ2n) is 6.30. The van der Waals surface area contributed by atoms with Crippen LogP contribution in [0, 0.1) is 0 Å². The molecule has 0 amide bonds. The van der Waals surface area contributed by atoms with Crippen LogP contribution in [0.2, 0.25) is 0 Å². The van der Waals surface area contributed by atoms with Gasteiger partial charge in [0.25, 0.3) is 0 Å². The second kappa shape index (κ2) is 6.12. The zero-order valence-electron chi connectivity index (χ0n) is 14.0. The smallest absolute Gasteiger partial charge is 0.180 e. The monoisotopic (exact) mass is 340 g/mol. The van der Waals surface area contributed by atoms with E-state index in [1.165, 1.54) is 0 Å². The Kier molecular flexibility index (Phi) is 3.64. The fraction of sp³-hybridized carbons (Fsp3) is 0.471. The van der Waals surface area contributed by atoms with E-state index in [1.807, 2.05) is 22.8 Å². The van der Waals surface area contributed by atoms with Gasteiger partial charge in [-0.15, -0.1) is 10.2 Å². The predicted molar refractivity (Wildman–Crippen MR) is 94.4 cm³/mol. The van der Waals surface area contributed by atoms with Gasteiger partial charge in [-0.1, -0.05) is 6.07 Å². The van der Waals surface area contributed by atoms with Gasteiger partial charge in [-0.25, -0.2) is 4.52 Å². The Balaban J connectivity index is 1.72. The standard InChI is InChI=1S/C17H20N6O2/c1-2-4-23-13(3-1)14-15(20-23)17(22-7-11-25-12-8-22)19-18-16(14)21-5-9-24-10-6-21/h1-4H,5-12H2. The van der Waals surface area contributed by atoms with Gasteiger partial charge in [0.15, 0.2) is 11.6 Å². The van der Waals surface area contributed by atoms with E-state index in [-0.39, 0.29) is 0 Å². The number of morpholine rings is 2.